The van der Waals surface area contributed by atoms with Crippen LogP contribution in [-0.2, 0) is 0 Å². The molecule has 2 bridgehead atoms. The average Bonchev–Trinajstić information content (AvgIpc) is 2.87. The van der Waals surface area contributed by atoms with Crippen molar-refractivity contribution in [2.24, 2.45) is 23.7 Å². The summed E-state index contributed by atoms with van der Waals surface area (Å²) >= 11 is 0. The molecule has 0 aromatic rings. The fraction of sp³-hybridized carbons (Fsp3) is 1.00. The molecule has 0 aromatic carbocycles. The molecule has 1 nitrogen and oxygen atoms in total. The summed E-state index contributed by atoms with van der Waals surface area (Å²) in [5.41, 5.74) is 0. The second kappa shape index (κ2) is 5.53. The molecular formula is C15H29N. The van der Waals surface area contributed by atoms with Crippen LogP contribution in [0.2, 0.25) is 0 Å². The number of nitrogens with one attached hydrogen (secondary N) is 1. The highest BCUT2D eigenvalue weighted by atomic mass is 14.9. The van der Waals surface area contributed by atoms with E-state index in [1.54, 1.807) is 12.8 Å². The van der Waals surface area contributed by atoms with Crippen molar-refractivity contribution in [2.45, 2.75) is 64.8 Å². The summed E-state index contributed by atoms with van der Waals surface area (Å²) in [4.78, 5) is 0. The predicted octanol–water partition coefficient (Wildman–Crippen LogP) is 3.84. The highest BCUT2D eigenvalue weighted by Crippen LogP contribution is 2.50. The van der Waals surface area contributed by atoms with Crippen LogP contribution in [0, 0.1) is 23.7 Å². The van der Waals surface area contributed by atoms with E-state index in [1.807, 2.05) is 0 Å². The third kappa shape index (κ3) is 2.61. The van der Waals surface area contributed by atoms with Crippen LogP contribution >= 0.6 is 0 Å². The van der Waals surface area contributed by atoms with E-state index in [4.69, 9.17) is 0 Å². The molecule has 0 heterocycles. The predicted molar refractivity (Wildman–Crippen MR) is 70.5 cm³/mol. The number of rotatable bonds is 6. The Bertz CT molecular complexity index is 213. The van der Waals surface area contributed by atoms with Gasteiger partial charge in [-0.2, -0.15) is 0 Å². The van der Waals surface area contributed by atoms with Crippen LogP contribution in [-0.4, -0.2) is 13.1 Å². The minimum absolute atomic E-state index is 0.768. The normalized spacial score (nSPS) is 36.6. The summed E-state index contributed by atoms with van der Waals surface area (Å²) in [5.74, 6) is 4.10. The molecule has 0 radical (unpaired) electrons. The van der Waals surface area contributed by atoms with Crippen molar-refractivity contribution in [2.75, 3.05) is 7.05 Å². The van der Waals surface area contributed by atoms with Crippen molar-refractivity contribution in [3.05, 3.63) is 0 Å². The highest BCUT2D eigenvalue weighted by molar-refractivity contribution is 4.92. The lowest BCUT2D eigenvalue weighted by Gasteiger charge is -2.30. The van der Waals surface area contributed by atoms with Gasteiger partial charge in [0.25, 0.3) is 0 Å². The van der Waals surface area contributed by atoms with Crippen LogP contribution in [0.25, 0.3) is 0 Å². The van der Waals surface area contributed by atoms with Gasteiger partial charge in [0, 0.05) is 6.04 Å². The number of fused-ring (bicyclic) bond motifs is 2. The second-order valence-electron chi connectivity index (χ2n) is 6.33. The summed E-state index contributed by atoms with van der Waals surface area (Å²) in [6.07, 6.45) is 10.3. The van der Waals surface area contributed by atoms with Crippen LogP contribution < -0.4 is 5.32 Å². The van der Waals surface area contributed by atoms with Gasteiger partial charge in [-0.3, -0.25) is 0 Å². The first-order valence-corrected chi connectivity index (χ1v) is 7.41. The zero-order chi connectivity index (χ0) is 11.5. The summed E-state index contributed by atoms with van der Waals surface area (Å²) < 4.78 is 0. The van der Waals surface area contributed by atoms with Crippen LogP contribution in [0.4, 0.5) is 0 Å². The molecule has 2 saturated carbocycles. The second-order valence-corrected chi connectivity index (χ2v) is 6.33. The van der Waals surface area contributed by atoms with Gasteiger partial charge in [-0.05, 0) is 62.8 Å². The van der Waals surface area contributed by atoms with E-state index < -0.39 is 0 Å². The minimum atomic E-state index is 0.768. The zero-order valence-corrected chi connectivity index (χ0v) is 11.3. The van der Waals surface area contributed by atoms with Gasteiger partial charge < -0.3 is 5.32 Å². The van der Waals surface area contributed by atoms with E-state index in [0.717, 1.165) is 29.7 Å². The topological polar surface area (TPSA) is 12.0 Å². The van der Waals surface area contributed by atoms with E-state index in [2.05, 4.69) is 26.2 Å². The van der Waals surface area contributed by atoms with Gasteiger partial charge in [-0.1, -0.05) is 26.7 Å². The molecule has 5 unspecified atom stereocenters. The molecule has 2 fully saturated rings. The fourth-order valence-electron chi connectivity index (χ4n) is 4.28. The zero-order valence-electron chi connectivity index (χ0n) is 11.3. The first kappa shape index (κ1) is 12.4. The number of hydrogen-bond acceptors (Lipinski definition) is 1. The molecule has 5 atom stereocenters. The Kier molecular flexibility index (Phi) is 4.29. The number of hydrogen-bond donors (Lipinski definition) is 1. The van der Waals surface area contributed by atoms with Gasteiger partial charge in [0.05, 0.1) is 0 Å². The van der Waals surface area contributed by atoms with E-state index in [-0.39, 0.29) is 0 Å². The summed E-state index contributed by atoms with van der Waals surface area (Å²) in [7, 11) is 2.16. The molecule has 0 spiro atoms. The largest absolute Gasteiger partial charge is 0.317 e. The Labute approximate surface area is 101 Å². The lowest BCUT2D eigenvalue weighted by molar-refractivity contribution is 0.244. The first-order valence-electron chi connectivity index (χ1n) is 7.41. The Balaban J connectivity index is 1.82. The van der Waals surface area contributed by atoms with Gasteiger partial charge in [0.2, 0.25) is 0 Å². The van der Waals surface area contributed by atoms with E-state index in [0.29, 0.717) is 0 Å². The summed E-state index contributed by atoms with van der Waals surface area (Å²) in [6, 6.07) is 0.768. The van der Waals surface area contributed by atoms with Crippen molar-refractivity contribution in [1.82, 2.24) is 5.32 Å². The lowest BCUT2D eigenvalue weighted by Crippen LogP contribution is -2.35. The highest BCUT2D eigenvalue weighted by Gasteiger charge is 2.40. The molecule has 2 aliphatic rings. The molecule has 1 heteroatoms. The molecule has 1 N–H and O–H groups in total. The molecule has 0 amide bonds. The molecule has 0 aliphatic heterocycles. The van der Waals surface area contributed by atoms with Crippen LogP contribution in [0.1, 0.15) is 58.8 Å². The summed E-state index contributed by atoms with van der Waals surface area (Å²) in [5, 5.41) is 3.57. The van der Waals surface area contributed by atoms with Crippen molar-refractivity contribution >= 4 is 0 Å². The van der Waals surface area contributed by atoms with Gasteiger partial charge in [-0.15, -0.1) is 0 Å². The lowest BCUT2D eigenvalue weighted by atomic mass is 9.81. The van der Waals surface area contributed by atoms with Gasteiger partial charge in [-0.25, -0.2) is 0 Å². The van der Waals surface area contributed by atoms with E-state index >= 15 is 0 Å². The third-order valence-corrected chi connectivity index (χ3v) is 5.24. The molecule has 0 saturated heterocycles. The van der Waals surface area contributed by atoms with Crippen molar-refractivity contribution in [1.29, 1.82) is 0 Å². The van der Waals surface area contributed by atoms with Gasteiger partial charge >= 0.3 is 0 Å². The first-order chi connectivity index (χ1) is 7.74. The van der Waals surface area contributed by atoms with Crippen LogP contribution in [0.15, 0.2) is 0 Å². The standard InChI is InChI=1S/C15H29N/c1-4-5-11(2)15(16-3)10-14-9-12-6-7-13(14)8-12/h11-16H,4-10H2,1-3H3. The average molecular weight is 223 g/mol. The maximum atomic E-state index is 3.57. The maximum Gasteiger partial charge on any atom is 0.00924 e. The Morgan fingerprint density at radius 3 is 2.56 bits per heavy atom. The van der Waals surface area contributed by atoms with Crippen molar-refractivity contribution < 1.29 is 0 Å². The molecule has 2 rings (SSSR count). The third-order valence-electron chi connectivity index (χ3n) is 5.24. The monoisotopic (exact) mass is 223 g/mol. The molecule has 94 valence electrons. The molecular weight excluding hydrogens is 194 g/mol. The van der Waals surface area contributed by atoms with Crippen LogP contribution in [0.3, 0.4) is 0 Å². The minimum Gasteiger partial charge on any atom is -0.317 e. The van der Waals surface area contributed by atoms with Crippen molar-refractivity contribution in [3.8, 4) is 0 Å². The smallest absolute Gasteiger partial charge is 0.00924 e. The molecule has 0 aromatic heterocycles. The quantitative estimate of drug-likeness (QED) is 0.721. The Morgan fingerprint density at radius 1 is 1.25 bits per heavy atom. The van der Waals surface area contributed by atoms with Gasteiger partial charge in [0.1, 0.15) is 0 Å². The van der Waals surface area contributed by atoms with E-state index in [1.165, 1.54) is 32.1 Å². The van der Waals surface area contributed by atoms with Crippen molar-refractivity contribution in [3.63, 3.8) is 0 Å². The molecule has 2 aliphatic carbocycles. The fourth-order valence-corrected chi connectivity index (χ4v) is 4.28. The Hall–Kier alpha value is -0.0400. The maximum absolute atomic E-state index is 3.57. The molecule has 16 heavy (non-hydrogen) atoms. The van der Waals surface area contributed by atoms with Crippen LogP contribution in [0.5, 0.6) is 0 Å². The summed E-state index contributed by atoms with van der Waals surface area (Å²) in [6.45, 7) is 4.73. The Morgan fingerprint density at radius 2 is 2.06 bits per heavy atom. The SMILES string of the molecule is CCCC(C)C(CC1CC2CCC1C2)NC. The van der Waals surface area contributed by atoms with E-state index in [9.17, 15) is 0 Å². The van der Waals surface area contributed by atoms with Gasteiger partial charge in [0.15, 0.2) is 0 Å².